The van der Waals surface area contributed by atoms with Crippen LogP contribution in [-0.4, -0.2) is 41.1 Å². The fraction of sp³-hybridized carbons (Fsp3) is 0.200. The van der Waals surface area contributed by atoms with Gasteiger partial charge in [0, 0.05) is 36.8 Å². The zero-order chi connectivity index (χ0) is 23.3. The molecule has 0 aromatic heterocycles. The number of phenolic OH excluding ortho intramolecular Hbond substituents is 1. The van der Waals surface area contributed by atoms with Crippen LogP contribution in [0.4, 0.5) is 0 Å². The molecule has 0 saturated carbocycles. The van der Waals surface area contributed by atoms with Gasteiger partial charge in [0.1, 0.15) is 5.75 Å². The monoisotopic (exact) mass is 468 g/mol. The zero-order valence-electron chi connectivity index (χ0n) is 19.1. The number of para-hydroxylation sites is 1. The van der Waals surface area contributed by atoms with Crippen molar-refractivity contribution in [1.82, 2.24) is 9.80 Å². The third kappa shape index (κ3) is 4.88. The Balaban J connectivity index is 1.42. The molecule has 4 aromatic rings. The van der Waals surface area contributed by atoms with E-state index in [1.54, 1.807) is 6.07 Å². The van der Waals surface area contributed by atoms with Gasteiger partial charge in [0.25, 0.3) is 0 Å². The lowest BCUT2D eigenvalue weighted by Gasteiger charge is -2.43. The van der Waals surface area contributed by atoms with E-state index in [1.807, 2.05) is 36.4 Å². The molecule has 2 unspecified atom stereocenters. The van der Waals surface area contributed by atoms with Crippen LogP contribution in [0.2, 0.25) is 5.02 Å². The molecule has 172 valence electrons. The van der Waals surface area contributed by atoms with Crippen LogP contribution in [-0.2, 0) is 0 Å². The van der Waals surface area contributed by atoms with Crippen LogP contribution in [0, 0.1) is 0 Å². The van der Waals surface area contributed by atoms with Crippen LogP contribution >= 0.6 is 11.6 Å². The van der Waals surface area contributed by atoms with Gasteiger partial charge < -0.3 is 5.11 Å². The van der Waals surface area contributed by atoms with Gasteiger partial charge >= 0.3 is 0 Å². The Bertz CT molecular complexity index is 1190. The largest absolute Gasteiger partial charge is 0.508 e. The normalized spacial score (nSPS) is 16.7. The second-order valence-electron chi connectivity index (χ2n) is 8.81. The number of nitrogens with zero attached hydrogens (tertiary/aromatic N) is 2. The van der Waals surface area contributed by atoms with Crippen molar-refractivity contribution in [1.29, 1.82) is 0 Å². The molecule has 3 nitrogen and oxygen atoms in total. The highest BCUT2D eigenvalue weighted by molar-refractivity contribution is 6.30. The molecular weight excluding hydrogens is 440 g/mol. The number of benzene rings is 4. The average Bonchev–Trinajstić information content (AvgIpc) is 2.89. The Kier molecular flexibility index (Phi) is 6.96. The average molecular weight is 469 g/mol. The van der Waals surface area contributed by atoms with Gasteiger partial charge in [0.2, 0.25) is 0 Å². The molecule has 1 heterocycles. The summed E-state index contributed by atoms with van der Waals surface area (Å²) < 4.78 is 0. The van der Waals surface area contributed by atoms with E-state index in [0.29, 0.717) is 5.75 Å². The Hall–Kier alpha value is -3.11. The van der Waals surface area contributed by atoms with Gasteiger partial charge in [-0.25, -0.2) is 0 Å². The molecule has 2 atom stereocenters. The summed E-state index contributed by atoms with van der Waals surface area (Å²) in [6.07, 6.45) is 0. The summed E-state index contributed by atoms with van der Waals surface area (Å²) in [5.41, 5.74) is 4.71. The summed E-state index contributed by atoms with van der Waals surface area (Å²) in [4.78, 5) is 5.05. The first-order chi connectivity index (χ1) is 16.7. The molecule has 1 aliphatic rings. The van der Waals surface area contributed by atoms with E-state index in [1.165, 1.54) is 16.7 Å². The minimum Gasteiger partial charge on any atom is -0.508 e. The molecule has 0 spiro atoms. The summed E-state index contributed by atoms with van der Waals surface area (Å²) >= 11 is 6.19. The van der Waals surface area contributed by atoms with Crippen molar-refractivity contribution < 1.29 is 5.11 Å². The number of piperazine rings is 1. The first-order valence-electron chi connectivity index (χ1n) is 11.8. The topological polar surface area (TPSA) is 26.7 Å². The summed E-state index contributed by atoms with van der Waals surface area (Å²) in [5, 5.41) is 11.4. The molecule has 0 radical (unpaired) electrons. The highest BCUT2D eigenvalue weighted by Crippen LogP contribution is 2.36. The van der Waals surface area contributed by atoms with Crippen LogP contribution in [0.1, 0.15) is 34.3 Å². The number of phenols is 1. The smallest absolute Gasteiger partial charge is 0.120 e. The minimum atomic E-state index is 0.0234. The standard InChI is InChI=1S/C30H29ClN2O/c31-26-17-15-25(16-18-26)29(23-9-3-1-4-10-23)32-19-21-33(22-20-32)30(24-11-5-2-6-12-24)27-13-7-8-14-28(27)34/h1-18,29-30,34H,19-22H2. The number of hydrogen-bond acceptors (Lipinski definition) is 3. The van der Waals surface area contributed by atoms with Gasteiger partial charge in [-0.05, 0) is 34.9 Å². The van der Waals surface area contributed by atoms with E-state index in [4.69, 9.17) is 11.6 Å². The first-order valence-corrected chi connectivity index (χ1v) is 12.2. The van der Waals surface area contributed by atoms with Crippen LogP contribution in [0.25, 0.3) is 0 Å². The van der Waals surface area contributed by atoms with Crippen molar-refractivity contribution in [2.24, 2.45) is 0 Å². The molecule has 0 aliphatic carbocycles. The van der Waals surface area contributed by atoms with Crippen LogP contribution in [0.15, 0.2) is 109 Å². The van der Waals surface area contributed by atoms with E-state index in [9.17, 15) is 5.11 Å². The Morgan fingerprint density at radius 2 is 0.971 bits per heavy atom. The number of halogens is 1. The zero-order valence-corrected chi connectivity index (χ0v) is 19.9. The van der Waals surface area contributed by atoms with E-state index in [-0.39, 0.29) is 12.1 Å². The van der Waals surface area contributed by atoms with Crippen molar-refractivity contribution >= 4 is 11.6 Å². The fourth-order valence-electron chi connectivity index (χ4n) is 5.09. The minimum absolute atomic E-state index is 0.0234. The fourth-order valence-corrected chi connectivity index (χ4v) is 5.22. The lowest BCUT2D eigenvalue weighted by Crippen LogP contribution is -2.49. The van der Waals surface area contributed by atoms with Crippen LogP contribution in [0.3, 0.4) is 0 Å². The van der Waals surface area contributed by atoms with Crippen LogP contribution in [0.5, 0.6) is 5.75 Å². The summed E-state index contributed by atoms with van der Waals surface area (Å²) in [5.74, 6) is 0.349. The van der Waals surface area contributed by atoms with Gasteiger partial charge in [-0.3, -0.25) is 9.80 Å². The van der Waals surface area contributed by atoms with E-state index in [0.717, 1.165) is 36.8 Å². The predicted octanol–water partition coefficient (Wildman–Crippen LogP) is 6.54. The quantitative estimate of drug-likeness (QED) is 0.348. The van der Waals surface area contributed by atoms with Gasteiger partial charge in [0.05, 0.1) is 12.1 Å². The second-order valence-corrected chi connectivity index (χ2v) is 9.25. The molecule has 0 bridgehead atoms. The molecule has 0 amide bonds. The SMILES string of the molecule is Oc1ccccc1C(c1ccccc1)N1CCN(C(c2ccccc2)c2ccc(Cl)cc2)CC1. The van der Waals surface area contributed by atoms with Gasteiger partial charge in [-0.1, -0.05) is 103 Å². The van der Waals surface area contributed by atoms with Crippen LogP contribution < -0.4 is 0 Å². The lowest BCUT2D eigenvalue weighted by molar-refractivity contribution is 0.0891. The van der Waals surface area contributed by atoms with Crippen molar-refractivity contribution in [3.63, 3.8) is 0 Å². The summed E-state index contributed by atoms with van der Waals surface area (Å²) in [7, 11) is 0. The van der Waals surface area contributed by atoms with E-state index >= 15 is 0 Å². The molecule has 1 saturated heterocycles. The molecule has 4 heteroatoms. The molecule has 1 fully saturated rings. The second kappa shape index (κ2) is 10.4. The van der Waals surface area contributed by atoms with Gasteiger partial charge in [0.15, 0.2) is 0 Å². The molecule has 1 N–H and O–H groups in total. The predicted molar refractivity (Wildman–Crippen MR) is 139 cm³/mol. The Morgan fingerprint density at radius 3 is 1.53 bits per heavy atom. The number of rotatable bonds is 6. The van der Waals surface area contributed by atoms with E-state index < -0.39 is 0 Å². The highest BCUT2D eigenvalue weighted by Gasteiger charge is 2.31. The number of hydrogen-bond donors (Lipinski definition) is 1. The maximum Gasteiger partial charge on any atom is 0.120 e. The number of aromatic hydroxyl groups is 1. The maximum absolute atomic E-state index is 10.7. The summed E-state index contributed by atoms with van der Waals surface area (Å²) in [6.45, 7) is 3.67. The molecule has 5 rings (SSSR count). The van der Waals surface area contributed by atoms with E-state index in [2.05, 4.69) is 76.5 Å². The Morgan fingerprint density at radius 1 is 0.529 bits per heavy atom. The summed E-state index contributed by atoms with van der Waals surface area (Å²) in [6, 6.07) is 37.4. The van der Waals surface area contributed by atoms with Crippen molar-refractivity contribution in [2.75, 3.05) is 26.2 Å². The maximum atomic E-state index is 10.7. The molecule has 4 aromatic carbocycles. The first kappa shape index (κ1) is 22.7. The lowest BCUT2D eigenvalue weighted by atomic mass is 9.94. The van der Waals surface area contributed by atoms with Gasteiger partial charge in [-0.15, -0.1) is 0 Å². The van der Waals surface area contributed by atoms with Crippen molar-refractivity contribution in [2.45, 2.75) is 12.1 Å². The Labute approximate surface area is 206 Å². The third-order valence-electron chi connectivity index (χ3n) is 6.73. The molecule has 1 aliphatic heterocycles. The van der Waals surface area contributed by atoms with Gasteiger partial charge in [-0.2, -0.15) is 0 Å². The molecule has 34 heavy (non-hydrogen) atoms. The highest BCUT2D eigenvalue weighted by atomic mass is 35.5. The molecular formula is C30H29ClN2O. The van der Waals surface area contributed by atoms with Crippen molar-refractivity contribution in [3.05, 3.63) is 136 Å². The van der Waals surface area contributed by atoms with Crippen molar-refractivity contribution in [3.8, 4) is 5.75 Å². The third-order valence-corrected chi connectivity index (χ3v) is 6.98.